The number of carbonyl (C=O) groups is 2. The first-order chi connectivity index (χ1) is 7.54. The number of carbonyl (C=O) groups excluding carboxylic acids is 1. The number of amides is 1. The highest BCUT2D eigenvalue weighted by atomic mass is 16.4. The number of carboxylic acids is 1. The third kappa shape index (κ3) is 1.76. The molecule has 16 heavy (non-hydrogen) atoms. The van der Waals surface area contributed by atoms with Crippen LogP contribution in [0.15, 0.2) is 18.5 Å². The molecule has 0 unspecified atom stereocenters. The maximum atomic E-state index is 11.7. The number of rotatable bonds is 3. The van der Waals surface area contributed by atoms with E-state index in [2.05, 4.69) is 10.3 Å². The first-order valence-electron chi connectivity index (χ1n) is 5.01. The molecule has 2 rings (SSSR count). The number of carboxylic acid groups (broad SMARTS) is 1. The van der Waals surface area contributed by atoms with Gasteiger partial charge in [0.05, 0.1) is 11.9 Å². The van der Waals surface area contributed by atoms with Crippen molar-refractivity contribution in [3.8, 4) is 0 Å². The Morgan fingerprint density at radius 3 is 2.62 bits per heavy atom. The summed E-state index contributed by atoms with van der Waals surface area (Å²) in [7, 11) is 0. The number of aryl methyl sites for hydroxylation is 1. The van der Waals surface area contributed by atoms with Gasteiger partial charge >= 0.3 is 5.97 Å². The third-order valence-corrected chi connectivity index (χ3v) is 2.73. The van der Waals surface area contributed by atoms with Gasteiger partial charge in [0.2, 0.25) is 5.91 Å². The Hall–Kier alpha value is -1.91. The standard InChI is InChI=1S/C11H12N2O3/c1-7-4-8(6-12-5-7)13-9(14)11(2-3-11)10(15)16/h4-6H,2-3H2,1H3,(H,13,14)(H,15,16). The quantitative estimate of drug-likeness (QED) is 0.750. The number of anilines is 1. The zero-order valence-corrected chi connectivity index (χ0v) is 8.86. The van der Waals surface area contributed by atoms with Crippen molar-refractivity contribution in [3.05, 3.63) is 24.0 Å². The Morgan fingerprint density at radius 1 is 1.44 bits per heavy atom. The summed E-state index contributed by atoms with van der Waals surface area (Å²) in [6.45, 7) is 1.85. The second-order valence-corrected chi connectivity index (χ2v) is 4.09. The Kier molecular flexibility index (Phi) is 2.38. The molecule has 0 atom stereocenters. The molecule has 1 aromatic rings. The molecule has 0 bridgehead atoms. The smallest absolute Gasteiger partial charge is 0.319 e. The summed E-state index contributed by atoms with van der Waals surface area (Å²) in [6, 6.07) is 1.75. The lowest BCUT2D eigenvalue weighted by Crippen LogP contribution is -2.31. The van der Waals surface area contributed by atoms with Crippen LogP contribution in [0, 0.1) is 12.3 Å². The molecule has 1 aromatic heterocycles. The van der Waals surface area contributed by atoms with Crippen LogP contribution in [0.3, 0.4) is 0 Å². The van der Waals surface area contributed by atoms with E-state index in [9.17, 15) is 9.59 Å². The first-order valence-corrected chi connectivity index (χ1v) is 5.01. The van der Waals surface area contributed by atoms with Crippen LogP contribution in [0.5, 0.6) is 0 Å². The van der Waals surface area contributed by atoms with Crippen LogP contribution in [0.2, 0.25) is 0 Å². The number of nitrogens with zero attached hydrogens (tertiary/aromatic N) is 1. The van der Waals surface area contributed by atoms with Crippen molar-refractivity contribution in [3.63, 3.8) is 0 Å². The van der Waals surface area contributed by atoms with Gasteiger partial charge < -0.3 is 10.4 Å². The summed E-state index contributed by atoms with van der Waals surface area (Å²) in [4.78, 5) is 26.6. The van der Waals surface area contributed by atoms with Crippen LogP contribution < -0.4 is 5.32 Å². The van der Waals surface area contributed by atoms with Gasteiger partial charge in [0, 0.05) is 6.20 Å². The van der Waals surface area contributed by atoms with Crippen LogP contribution in [-0.4, -0.2) is 22.0 Å². The van der Waals surface area contributed by atoms with E-state index in [4.69, 9.17) is 5.11 Å². The van der Waals surface area contributed by atoms with E-state index >= 15 is 0 Å². The van der Waals surface area contributed by atoms with Gasteiger partial charge in [-0.05, 0) is 31.4 Å². The van der Waals surface area contributed by atoms with Gasteiger partial charge in [-0.25, -0.2) is 0 Å². The van der Waals surface area contributed by atoms with E-state index in [0.717, 1.165) is 5.56 Å². The fourth-order valence-electron chi connectivity index (χ4n) is 1.54. The maximum absolute atomic E-state index is 11.7. The van der Waals surface area contributed by atoms with Crippen LogP contribution in [-0.2, 0) is 9.59 Å². The molecule has 1 amide bonds. The predicted molar refractivity (Wildman–Crippen MR) is 56.9 cm³/mol. The number of pyridine rings is 1. The van der Waals surface area contributed by atoms with Crippen LogP contribution in [0.1, 0.15) is 18.4 Å². The summed E-state index contributed by atoms with van der Waals surface area (Å²) >= 11 is 0. The summed E-state index contributed by atoms with van der Waals surface area (Å²) in [5.74, 6) is -1.50. The average Bonchev–Trinajstić information content (AvgIpc) is 2.97. The van der Waals surface area contributed by atoms with Crippen LogP contribution in [0.4, 0.5) is 5.69 Å². The van der Waals surface area contributed by atoms with E-state index < -0.39 is 17.3 Å². The minimum absolute atomic E-state index is 0.410. The van der Waals surface area contributed by atoms with Crippen molar-refractivity contribution in [2.75, 3.05) is 5.32 Å². The van der Waals surface area contributed by atoms with Crippen molar-refractivity contribution >= 4 is 17.6 Å². The molecule has 1 saturated carbocycles. The van der Waals surface area contributed by atoms with E-state index in [-0.39, 0.29) is 0 Å². The Morgan fingerprint density at radius 2 is 2.12 bits per heavy atom. The lowest BCUT2D eigenvalue weighted by molar-refractivity contribution is -0.147. The highest BCUT2D eigenvalue weighted by molar-refractivity contribution is 6.10. The van der Waals surface area contributed by atoms with Gasteiger partial charge in [0.25, 0.3) is 0 Å². The van der Waals surface area contributed by atoms with Gasteiger partial charge in [0.15, 0.2) is 0 Å². The third-order valence-electron chi connectivity index (χ3n) is 2.73. The Balaban J connectivity index is 2.11. The molecule has 0 spiro atoms. The van der Waals surface area contributed by atoms with Crippen molar-refractivity contribution < 1.29 is 14.7 Å². The number of nitrogens with one attached hydrogen (secondary N) is 1. The highest BCUT2D eigenvalue weighted by Gasteiger charge is 2.57. The number of aliphatic carboxylic acids is 1. The van der Waals surface area contributed by atoms with Gasteiger partial charge in [-0.15, -0.1) is 0 Å². The second kappa shape index (κ2) is 3.59. The lowest BCUT2D eigenvalue weighted by Gasteiger charge is -2.10. The highest BCUT2D eigenvalue weighted by Crippen LogP contribution is 2.46. The zero-order valence-electron chi connectivity index (χ0n) is 8.86. The van der Waals surface area contributed by atoms with Crippen LogP contribution in [0.25, 0.3) is 0 Å². The zero-order chi connectivity index (χ0) is 11.8. The summed E-state index contributed by atoms with van der Waals surface area (Å²) in [5, 5.41) is 11.5. The molecule has 1 fully saturated rings. The normalized spacial score (nSPS) is 16.6. The number of hydrogen-bond acceptors (Lipinski definition) is 3. The largest absolute Gasteiger partial charge is 0.480 e. The molecule has 0 saturated heterocycles. The molecule has 0 aromatic carbocycles. The topological polar surface area (TPSA) is 79.3 Å². The first kappa shape index (κ1) is 10.6. The van der Waals surface area contributed by atoms with Gasteiger partial charge in [-0.3, -0.25) is 14.6 Å². The number of aromatic nitrogens is 1. The summed E-state index contributed by atoms with van der Waals surface area (Å²) in [6.07, 6.45) is 3.99. The Bertz CT molecular complexity index is 452. The second-order valence-electron chi connectivity index (χ2n) is 4.09. The van der Waals surface area contributed by atoms with Crippen molar-refractivity contribution in [1.29, 1.82) is 0 Å². The fraction of sp³-hybridized carbons (Fsp3) is 0.364. The molecule has 1 aliphatic carbocycles. The van der Waals surface area contributed by atoms with Crippen LogP contribution >= 0.6 is 0 Å². The number of hydrogen-bond donors (Lipinski definition) is 2. The average molecular weight is 220 g/mol. The molecule has 5 nitrogen and oxygen atoms in total. The summed E-state index contributed by atoms with van der Waals surface area (Å²) < 4.78 is 0. The maximum Gasteiger partial charge on any atom is 0.319 e. The predicted octanol–water partition coefficient (Wildman–Crippen LogP) is 1.19. The van der Waals surface area contributed by atoms with E-state index in [1.807, 2.05) is 6.92 Å². The molecule has 5 heteroatoms. The van der Waals surface area contributed by atoms with Crippen molar-refractivity contribution in [1.82, 2.24) is 4.98 Å². The molecular weight excluding hydrogens is 208 g/mol. The Labute approximate surface area is 92.5 Å². The monoisotopic (exact) mass is 220 g/mol. The van der Waals surface area contributed by atoms with Gasteiger partial charge in [-0.2, -0.15) is 0 Å². The summed E-state index contributed by atoms with van der Waals surface area (Å²) in [5.41, 5.74) is 0.250. The van der Waals surface area contributed by atoms with E-state index in [1.54, 1.807) is 12.3 Å². The molecular formula is C11H12N2O3. The molecule has 0 aliphatic heterocycles. The molecule has 0 radical (unpaired) electrons. The van der Waals surface area contributed by atoms with E-state index in [0.29, 0.717) is 18.5 Å². The fourth-order valence-corrected chi connectivity index (χ4v) is 1.54. The van der Waals surface area contributed by atoms with Crippen molar-refractivity contribution in [2.24, 2.45) is 5.41 Å². The molecule has 1 heterocycles. The SMILES string of the molecule is Cc1cncc(NC(=O)C2(C(=O)O)CC2)c1. The van der Waals surface area contributed by atoms with Crippen molar-refractivity contribution in [2.45, 2.75) is 19.8 Å². The lowest BCUT2D eigenvalue weighted by atomic mass is 10.1. The van der Waals surface area contributed by atoms with Gasteiger partial charge in [-0.1, -0.05) is 0 Å². The molecule has 2 N–H and O–H groups in total. The molecule has 84 valence electrons. The van der Waals surface area contributed by atoms with E-state index in [1.165, 1.54) is 6.20 Å². The minimum Gasteiger partial charge on any atom is -0.480 e. The molecule has 1 aliphatic rings. The minimum atomic E-state index is -1.20. The van der Waals surface area contributed by atoms with Gasteiger partial charge in [0.1, 0.15) is 5.41 Å².